The lowest BCUT2D eigenvalue weighted by molar-refractivity contribution is -0.123. The highest BCUT2D eigenvalue weighted by atomic mass is 35.5. The van der Waals surface area contributed by atoms with Crippen LogP contribution in [0.5, 0.6) is 0 Å². The average Bonchev–Trinajstić information content (AvgIpc) is 2.85. The molecule has 3 aromatic carbocycles. The molecular weight excluding hydrogens is 471 g/mol. The Balaban J connectivity index is 1.87. The van der Waals surface area contributed by atoms with Crippen molar-refractivity contribution in [2.24, 2.45) is 0 Å². The predicted molar refractivity (Wildman–Crippen MR) is 138 cm³/mol. The van der Waals surface area contributed by atoms with E-state index in [0.717, 1.165) is 17.5 Å². The van der Waals surface area contributed by atoms with Crippen LogP contribution in [0.1, 0.15) is 46.4 Å². The van der Waals surface area contributed by atoms with E-state index in [4.69, 9.17) is 11.6 Å². The normalized spacial score (nSPS) is 12.6. The Morgan fingerprint density at radius 2 is 1.71 bits per heavy atom. The van der Waals surface area contributed by atoms with Gasteiger partial charge in [0, 0.05) is 0 Å². The van der Waals surface area contributed by atoms with E-state index in [1.807, 2.05) is 30.5 Å². The van der Waals surface area contributed by atoms with Gasteiger partial charge in [0.05, 0.1) is 16.6 Å². The minimum atomic E-state index is -0.776. The van der Waals surface area contributed by atoms with Gasteiger partial charge in [0.1, 0.15) is 11.9 Å². The molecule has 34 heavy (non-hydrogen) atoms. The molecular formula is C27H28ClFN2O2S. The van der Waals surface area contributed by atoms with E-state index in [2.05, 4.69) is 17.6 Å². The fraction of sp³-hybridized carbons (Fsp3) is 0.259. The molecule has 0 bridgehead atoms. The maximum absolute atomic E-state index is 14.0. The van der Waals surface area contributed by atoms with Crippen molar-refractivity contribution < 1.29 is 14.0 Å². The van der Waals surface area contributed by atoms with Crippen molar-refractivity contribution in [1.29, 1.82) is 0 Å². The van der Waals surface area contributed by atoms with Crippen LogP contribution in [0.15, 0.2) is 72.8 Å². The highest BCUT2D eigenvalue weighted by molar-refractivity contribution is 7.98. The van der Waals surface area contributed by atoms with Crippen LogP contribution in [0, 0.1) is 5.82 Å². The van der Waals surface area contributed by atoms with E-state index < -0.39 is 18.0 Å². The summed E-state index contributed by atoms with van der Waals surface area (Å²) < 4.78 is 14.0. The van der Waals surface area contributed by atoms with E-state index in [-0.39, 0.29) is 11.7 Å². The van der Waals surface area contributed by atoms with E-state index in [0.29, 0.717) is 28.3 Å². The Morgan fingerprint density at radius 3 is 2.35 bits per heavy atom. The molecule has 0 aliphatic heterocycles. The van der Waals surface area contributed by atoms with Crippen LogP contribution in [0.3, 0.4) is 0 Å². The molecule has 0 aromatic heterocycles. The zero-order valence-electron chi connectivity index (χ0n) is 19.2. The first-order valence-electron chi connectivity index (χ1n) is 11.1. The number of halogens is 2. The second kappa shape index (κ2) is 12.6. The SMILES string of the molecule is CCc1ccc([C@@H](NC(=O)[C@@H](CCSC)NC(=O)c2ccccc2Cl)c2cccc(F)c2)cc1. The van der Waals surface area contributed by atoms with Gasteiger partial charge in [-0.25, -0.2) is 4.39 Å². The van der Waals surface area contributed by atoms with Crippen molar-refractivity contribution in [1.82, 2.24) is 10.6 Å². The van der Waals surface area contributed by atoms with Crippen LogP contribution in [0.4, 0.5) is 4.39 Å². The van der Waals surface area contributed by atoms with Crippen LogP contribution in [-0.4, -0.2) is 29.9 Å². The van der Waals surface area contributed by atoms with Crippen molar-refractivity contribution in [3.8, 4) is 0 Å². The van der Waals surface area contributed by atoms with Gasteiger partial charge in [-0.2, -0.15) is 11.8 Å². The van der Waals surface area contributed by atoms with Crippen molar-refractivity contribution in [2.45, 2.75) is 31.8 Å². The minimum absolute atomic E-state index is 0.308. The van der Waals surface area contributed by atoms with Crippen LogP contribution in [-0.2, 0) is 11.2 Å². The first-order valence-corrected chi connectivity index (χ1v) is 12.9. The summed E-state index contributed by atoms with van der Waals surface area (Å²) in [4.78, 5) is 26.3. The van der Waals surface area contributed by atoms with E-state index >= 15 is 0 Å². The van der Waals surface area contributed by atoms with Gasteiger partial charge in [-0.3, -0.25) is 9.59 Å². The summed E-state index contributed by atoms with van der Waals surface area (Å²) in [6, 6.07) is 19.4. The van der Waals surface area contributed by atoms with Crippen LogP contribution >= 0.6 is 23.4 Å². The summed E-state index contributed by atoms with van der Waals surface area (Å²) in [7, 11) is 0. The third kappa shape index (κ3) is 6.84. The fourth-order valence-electron chi connectivity index (χ4n) is 3.62. The van der Waals surface area contributed by atoms with Gasteiger partial charge in [-0.05, 0) is 65.8 Å². The minimum Gasteiger partial charge on any atom is -0.343 e. The number of hydrogen-bond donors (Lipinski definition) is 2. The maximum atomic E-state index is 14.0. The zero-order valence-corrected chi connectivity index (χ0v) is 20.8. The summed E-state index contributed by atoms with van der Waals surface area (Å²) in [5.74, 6) is -0.464. The molecule has 0 heterocycles. The second-order valence-corrected chi connectivity index (χ2v) is 9.27. The Hall–Kier alpha value is -2.83. The molecule has 3 aromatic rings. The van der Waals surface area contributed by atoms with Crippen molar-refractivity contribution in [3.05, 3.63) is 106 Å². The standard InChI is InChI=1S/C27H28ClFN2O2S/c1-3-18-11-13-19(14-12-18)25(20-7-6-8-21(29)17-20)31-27(33)24(15-16-34-2)30-26(32)22-9-4-5-10-23(22)28/h4-14,17,24-25H,3,15-16H2,1-2H3,(H,30,32)(H,31,33)/t24-,25-/m1/s1. The first kappa shape index (κ1) is 25.8. The third-order valence-electron chi connectivity index (χ3n) is 5.54. The molecule has 0 saturated carbocycles. The van der Waals surface area contributed by atoms with Crippen LogP contribution < -0.4 is 10.6 Å². The molecule has 4 nitrogen and oxygen atoms in total. The van der Waals surface area contributed by atoms with E-state index in [1.54, 1.807) is 48.2 Å². The van der Waals surface area contributed by atoms with Gasteiger partial charge < -0.3 is 10.6 Å². The molecule has 0 unspecified atom stereocenters. The zero-order chi connectivity index (χ0) is 24.5. The molecule has 3 rings (SSSR count). The Bertz CT molecular complexity index is 1120. The molecule has 178 valence electrons. The fourth-order valence-corrected chi connectivity index (χ4v) is 4.31. The Morgan fingerprint density at radius 1 is 0.971 bits per heavy atom. The number of benzene rings is 3. The number of carbonyl (C=O) groups is 2. The second-order valence-electron chi connectivity index (χ2n) is 7.88. The van der Waals surface area contributed by atoms with Gasteiger partial charge in [-0.15, -0.1) is 0 Å². The van der Waals surface area contributed by atoms with Gasteiger partial charge >= 0.3 is 0 Å². The lowest BCUT2D eigenvalue weighted by Crippen LogP contribution is -2.48. The topological polar surface area (TPSA) is 58.2 Å². The third-order valence-corrected chi connectivity index (χ3v) is 6.51. The molecule has 2 atom stereocenters. The van der Waals surface area contributed by atoms with Crippen molar-refractivity contribution >= 4 is 35.2 Å². The summed E-state index contributed by atoms with van der Waals surface area (Å²) in [5.41, 5.74) is 2.93. The lowest BCUT2D eigenvalue weighted by Gasteiger charge is -2.24. The van der Waals surface area contributed by atoms with Gasteiger partial charge in [0.25, 0.3) is 5.91 Å². The Labute approximate surface area is 209 Å². The summed E-state index contributed by atoms with van der Waals surface area (Å²) in [6.07, 6.45) is 3.27. The van der Waals surface area contributed by atoms with Gasteiger partial charge in [0.2, 0.25) is 5.91 Å². The molecule has 2 N–H and O–H groups in total. The Kier molecular flexibility index (Phi) is 9.54. The number of carbonyl (C=O) groups excluding carboxylic acids is 2. The highest BCUT2D eigenvalue weighted by Gasteiger charge is 2.26. The molecule has 0 saturated heterocycles. The quantitative estimate of drug-likeness (QED) is 0.371. The molecule has 0 aliphatic rings. The molecule has 0 radical (unpaired) electrons. The maximum Gasteiger partial charge on any atom is 0.253 e. The number of amides is 2. The molecule has 7 heteroatoms. The van der Waals surface area contributed by atoms with E-state index in [1.165, 1.54) is 12.1 Å². The predicted octanol–water partition coefficient (Wildman–Crippen LogP) is 5.80. The van der Waals surface area contributed by atoms with Crippen molar-refractivity contribution in [3.63, 3.8) is 0 Å². The summed E-state index contributed by atoms with van der Waals surface area (Å²) in [6.45, 7) is 2.07. The molecule has 0 fully saturated rings. The summed E-state index contributed by atoms with van der Waals surface area (Å²) in [5, 5.41) is 6.17. The lowest BCUT2D eigenvalue weighted by atomic mass is 9.96. The number of thioether (sulfide) groups is 1. The number of hydrogen-bond acceptors (Lipinski definition) is 3. The largest absolute Gasteiger partial charge is 0.343 e. The number of nitrogens with one attached hydrogen (secondary N) is 2. The number of aryl methyl sites for hydroxylation is 1. The monoisotopic (exact) mass is 498 g/mol. The summed E-state index contributed by atoms with van der Waals surface area (Å²) >= 11 is 7.75. The van der Waals surface area contributed by atoms with Crippen molar-refractivity contribution in [2.75, 3.05) is 12.0 Å². The van der Waals surface area contributed by atoms with Crippen LogP contribution in [0.2, 0.25) is 5.02 Å². The van der Waals surface area contributed by atoms with Gasteiger partial charge in [0.15, 0.2) is 0 Å². The van der Waals surface area contributed by atoms with Gasteiger partial charge in [-0.1, -0.05) is 67.1 Å². The highest BCUT2D eigenvalue weighted by Crippen LogP contribution is 2.24. The molecule has 0 aliphatic carbocycles. The van der Waals surface area contributed by atoms with Crippen LogP contribution in [0.25, 0.3) is 0 Å². The number of rotatable bonds is 10. The molecule has 2 amide bonds. The average molecular weight is 499 g/mol. The smallest absolute Gasteiger partial charge is 0.253 e. The molecule has 0 spiro atoms. The van der Waals surface area contributed by atoms with E-state index in [9.17, 15) is 14.0 Å². The first-order chi connectivity index (χ1) is 16.4.